The number of hydroxylamine groups is 2. The summed E-state index contributed by atoms with van der Waals surface area (Å²) in [6.45, 7) is 1.16. The first-order chi connectivity index (χ1) is 13.5. The highest BCUT2D eigenvalue weighted by Crippen LogP contribution is 2.41. The molecular formula is C21H21Cl2N3O2. The van der Waals surface area contributed by atoms with Gasteiger partial charge in [-0.05, 0) is 42.0 Å². The molecule has 1 saturated heterocycles. The van der Waals surface area contributed by atoms with Crippen LogP contribution in [0.4, 0.5) is 0 Å². The minimum atomic E-state index is -0.348. The molecule has 0 amide bonds. The Morgan fingerprint density at radius 1 is 1.11 bits per heavy atom. The average molecular weight is 418 g/mol. The molecule has 2 heterocycles. The molecule has 1 aliphatic heterocycles. The summed E-state index contributed by atoms with van der Waals surface area (Å²) in [6.07, 6.45) is 6.26. The first-order valence-electron chi connectivity index (χ1n) is 9.06. The molecule has 0 bridgehead atoms. The first-order valence-corrected chi connectivity index (χ1v) is 9.81. The molecule has 0 saturated carbocycles. The van der Waals surface area contributed by atoms with Crippen molar-refractivity contribution in [2.45, 2.75) is 24.6 Å². The van der Waals surface area contributed by atoms with E-state index in [9.17, 15) is 0 Å². The van der Waals surface area contributed by atoms with Crippen LogP contribution >= 0.6 is 23.2 Å². The van der Waals surface area contributed by atoms with Gasteiger partial charge in [0, 0.05) is 42.5 Å². The molecule has 28 heavy (non-hydrogen) atoms. The lowest BCUT2D eigenvalue weighted by atomic mass is 9.85. The smallest absolute Gasteiger partial charge is 0.119 e. The third-order valence-corrected chi connectivity index (χ3v) is 5.61. The summed E-state index contributed by atoms with van der Waals surface area (Å²) < 4.78 is 7.99. The first kappa shape index (κ1) is 19.3. The minimum Gasteiger partial charge on any atom is -0.491 e. The molecule has 4 rings (SSSR count). The average Bonchev–Trinajstić information content (AvgIpc) is 3.31. The summed E-state index contributed by atoms with van der Waals surface area (Å²) >= 11 is 12.0. The summed E-state index contributed by atoms with van der Waals surface area (Å²) in [4.78, 5) is 10.3. The van der Waals surface area contributed by atoms with Crippen LogP contribution in [0.3, 0.4) is 0 Å². The Bertz CT molecular complexity index is 900. The van der Waals surface area contributed by atoms with Crippen LogP contribution in [0.25, 0.3) is 0 Å². The zero-order chi connectivity index (χ0) is 19.6. The Morgan fingerprint density at radius 2 is 1.79 bits per heavy atom. The Kier molecular flexibility index (Phi) is 5.60. The van der Waals surface area contributed by atoms with Crippen LogP contribution in [-0.2, 0) is 16.9 Å². The van der Waals surface area contributed by atoms with Crippen LogP contribution in [0.5, 0.6) is 5.75 Å². The van der Waals surface area contributed by atoms with E-state index in [4.69, 9.17) is 32.8 Å². The number of ether oxygens (including phenoxy) is 1. The van der Waals surface area contributed by atoms with Gasteiger partial charge in [-0.25, -0.2) is 4.98 Å². The summed E-state index contributed by atoms with van der Waals surface area (Å²) in [6, 6.07) is 15.3. The number of likely N-dealkylation sites (N-methyl/N-ethyl adjacent to an activating group) is 1. The number of imidazole rings is 1. The molecule has 2 unspecified atom stereocenters. The van der Waals surface area contributed by atoms with Crippen LogP contribution in [0, 0.1) is 0 Å². The molecule has 1 aromatic heterocycles. The summed E-state index contributed by atoms with van der Waals surface area (Å²) in [7, 11) is 1.97. The molecule has 0 radical (unpaired) electrons. The van der Waals surface area contributed by atoms with Gasteiger partial charge in [0.2, 0.25) is 0 Å². The number of aromatic nitrogens is 2. The fraction of sp³-hybridized carbons (Fsp3) is 0.286. The van der Waals surface area contributed by atoms with Crippen molar-refractivity contribution in [3.63, 3.8) is 0 Å². The summed E-state index contributed by atoms with van der Waals surface area (Å²) in [5.74, 6) is 0.772. The van der Waals surface area contributed by atoms with Gasteiger partial charge in [0.05, 0.1) is 11.9 Å². The third kappa shape index (κ3) is 4.03. The van der Waals surface area contributed by atoms with Gasteiger partial charge in [-0.1, -0.05) is 35.3 Å². The van der Waals surface area contributed by atoms with Crippen molar-refractivity contribution in [1.82, 2.24) is 14.6 Å². The largest absolute Gasteiger partial charge is 0.491 e. The Hall–Kier alpha value is -2.05. The van der Waals surface area contributed by atoms with Crippen molar-refractivity contribution in [3.05, 3.63) is 82.9 Å². The third-order valence-electron chi connectivity index (χ3n) is 5.11. The van der Waals surface area contributed by atoms with E-state index in [1.54, 1.807) is 6.20 Å². The topological polar surface area (TPSA) is 39.5 Å². The molecule has 146 valence electrons. The van der Waals surface area contributed by atoms with Crippen molar-refractivity contribution in [1.29, 1.82) is 0 Å². The molecule has 5 nitrogen and oxygen atoms in total. The second kappa shape index (κ2) is 8.13. The lowest BCUT2D eigenvalue weighted by Crippen LogP contribution is -2.41. The van der Waals surface area contributed by atoms with E-state index in [1.807, 2.05) is 61.0 Å². The molecule has 3 aromatic rings. The normalized spacial score (nSPS) is 22.5. The molecule has 2 atom stereocenters. The van der Waals surface area contributed by atoms with Crippen LogP contribution in [0.1, 0.15) is 12.0 Å². The molecule has 7 heteroatoms. The Labute approximate surface area is 174 Å². The zero-order valence-corrected chi connectivity index (χ0v) is 17.0. The lowest BCUT2D eigenvalue weighted by molar-refractivity contribution is -0.179. The number of hydrogen-bond donors (Lipinski definition) is 0. The maximum Gasteiger partial charge on any atom is 0.119 e. The van der Waals surface area contributed by atoms with Crippen molar-refractivity contribution < 1.29 is 9.57 Å². The van der Waals surface area contributed by atoms with Gasteiger partial charge >= 0.3 is 0 Å². The molecule has 1 aliphatic rings. The fourth-order valence-electron chi connectivity index (χ4n) is 3.67. The summed E-state index contributed by atoms with van der Waals surface area (Å²) in [5.41, 5.74) is 0.793. The van der Waals surface area contributed by atoms with Crippen LogP contribution < -0.4 is 4.74 Å². The Morgan fingerprint density at radius 3 is 2.43 bits per heavy atom. The number of benzene rings is 2. The summed E-state index contributed by atoms with van der Waals surface area (Å²) in [5, 5.41) is 3.34. The van der Waals surface area contributed by atoms with Gasteiger partial charge in [-0.3, -0.25) is 4.84 Å². The van der Waals surface area contributed by atoms with Gasteiger partial charge in [-0.2, -0.15) is 5.06 Å². The number of nitrogens with zero attached hydrogens (tertiary/aromatic N) is 3. The monoisotopic (exact) mass is 417 g/mol. The molecular weight excluding hydrogens is 397 g/mol. The highest BCUT2D eigenvalue weighted by Gasteiger charge is 2.47. The van der Waals surface area contributed by atoms with Gasteiger partial charge in [0.25, 0.3) is 0 Å². The number of halogens is 2. The molecule has 0 spiro atoms. The van der Waals surface area contributed by atoms with Crippen LogP contribution in [-0.4, -0.2) is 34.4 Å². The molecule has 2 aromatic carbocycles. The van der Waals surface area contributed by atoms with E-state index in [0.29, 0.717) is 23.2 Å². The highest BCUT2D eigenvalue weighted by atomic mass is 35.5. The minimum absolute atomic E-state index is 0.0834. The predicted octanol–water partition coefficient (Wildman–Crippen LogP) is 4.80. The van der Waals surface area contributed by atoms with Gasteiger partial charge in [-0.15, -0.1) is 0 Å². The van der Waals surface area contributed by atoms with Crippen molar-refractivity contribution in [3.8, 4) is 5.75 Å². The van der Waals surface area contributed by atoms with Crippen LogP contribution in [0.2, 0.25) is 10.0 Å². The predicted molar refractivity (Wildman–Crippen MR) is 110 cm³/mol. The highest BCUT2D eigenvalue weighted by molar-refractivity contribution is 6.30. The van der Waals surface area contributed by atoms with E-state index in [1.165, 1.54) is 0 Å². The van der Waals surface area contributed by atoms with E-state index in [0.717, 1.165) is 17.7 Å². The van der Waals surface area contributed by atoms with Gasteiger partial charge in [0.1, 0.15) is 18.5 Å². The van der Waals surface area contributed by atoms with E-state index >= 15 is 0 Å². The van der Waals surface area contributed by atoms with Crippen molar-refractivity contribution >= 4 is 23.2 Å². The van der Waals surface area contributed by atoms with Crippen molar-refractivity contribution in [2.75, 3.05) is 13.7 Å². The van der Waals surface area contributed by atoms with E-state index in [-0.39, 0.29) is 11.6 Å². The Balaban J connectivity index is 1.55. The zero-order valence-electron chi connectivity index (χ0n) is 15.5. The maximum absolute atomic E-state index is 6.17. The molecule has 1 fully saturated rings. The van der Waals surface area contributed by atoms with Gasteiger partial charge < -0.3 is 9.30 Å². The number of rotatable bonds is 6. The SMILES string of the molecule is CN1OC(COc2ccc(Cl)cc2)CC1(Cn1ccnc1)c1ccc(Cl)cc1. The van der Waals surface area contributed by atoms with Crippen molar-refractivity contribution in [2.24, 2.45) is 0 Å². The fourth-order valence-corrected chi connectivity index (χ4v) is 3.93. The standard InChI is InChI=1S/C21H21Cl2N3O2/c1-25-21(14-26-11-10-24-15-26,16-2-4-17(22)5-3-16)12-20(28-25)13-27-19-8-6-18(23)7-9-19/h2-11,15,20H,12-14H2,1H3. The van der Waals surface area contributed by atoms with E-state index < -0.39 is 0 Å². The lowest BCUT2D eigenvalue weighted by Gasteiger charge is -2.34. The number of hydrogen-bond acceptors (Lipinski definition) is 4. The second-order valence-corrected chi connectivity index (χ2v) is 7.84. The van der Waals surface area contributed by atoms with Gasteiger partial charge in [0.15, 0.2) is 0 Å². The molecule has 0 aliphatic carbocycles. The maximum atomic E-state index is 6.17. The van der Waals surface area contributed by atoms with Crippen LogP contribution in [0.15, 0.2) is 67.3 Å². The quantitative estimate of drug-likeness (QED) is 0.577. The van der Waals surface area contributed by atoms with E-state index in [2.05, 4.69) is 21.7 Å². The second-order valence-electron chi connectivity index (χ2n) is 6.97. The molecule has 0 N–H and O–H groups in total.